The van der Waals surface area contributed by atoms with Gasteiger partial charge in [-0.05, 0) is 26.2 Å². The molecule has 0 heterocycles. The van der Waals surface area contributed by atoms with Gasteiger partial charge in [-0.2, -0.15) is 0 Å². The fourth-order valence-electron chi connectivity index (χ4n) is 0.855. The van der Waals surface area contributed by atoms with Crippen LogP contribution in [0, 0.1) is 0 Å². The largest absolute Gasteiger partial charge is 0.460 e. The molecule has 0 aliphatic rings. The molecule has 0 aliphatic carbocycles. The first-order valence-electron chi connectivity index (χ1n) is 4.68. The molecule has 5 heteroatoms. The van der Waals surface area contributed by atoms with E-state index < -0.39 is 22.4 Å². The van der Waals surface area contributed by atoms with E-state index in [4.69, 9.17) is 10.5 Å². The average Bonchev–Trinajstić information content (AvgIpc) is 1.96. The van der Waals surface area contributed by atoms with Crippen LogP contribution in [0.15, 0.2) is 11.5 Å². The summed E-state index contributed by atoms with van der Waals surface area (Å²) >= 11 is 0. The second-order valence-corrected chi connectivity index (χ2v) is 5.55. The molecule has 0 rings (SSSR count). The van der Waals surface area contributed by atoms with Crippen molar-refractivity contribution in [3.8, 4) is 0 Å². The smallest absolute Gasteiger partial charge is 0.308 e. The Labute approximate surface area is 93.3 Å². The highest BCUT2D eigenvalue weighted by molar-refractivity contribution is 7.87. The summed E-state index contributed by atoms with van der Waals surface area (Å²) in [7, 11) is -1.03. The molecule has 0 aromatic rings. The summed E-state index contributed by atoms with van der Waals surface area (Å²) in [5.74, 6) is -0.346. The Bertz CT molecular complexity index is 268. The van der Waals surface area contributed by atoms with Crippen molar-refractivity contribution in [3.63, 3.8) is 0 Å². The highest BCUT2D eigenvalue weighted by Crippen LogP contribution is 2.09. The van der Waals surface area contributed by atoms with Gasteiger partial charge in [-0.15, -0.1) is 0 Å². The minimum absolute atomic E-state index is 0.102. The maximum Gasteiger partial charge on any atom is 0.308 e. The molecule has 1 unspecified atom stereocenters. The van der Waals surface area contributed by atoms with E-state index in [9.17, 15) is 9.00 Å². The standard InChI is InChI=1S/C10H19NO3S/c1-10(2,3)14-9(12)7-8(11)5-6-15(4)13/h5-6,8H,7,11H2,1-4H3/b6-5+/t8-,15?/m1/s1. The van der Waals surface area contributed by atoms with Crippen molar-refractivity contribution in [2.24, 2.45) is 5.73 Å². The number of carbonyl (C=O) groups excluding carboxylic acids is 1. The summed E-state index contributed by atoms with van der Waals surface area (Å²) in [6, 6.07) is -0.441. The van der Waals surface area contributed by atoms with E-state index in [1.54, 1.807) is 26.8 Å². The third-order valence-electron chi connectivity index (χ3n) is 1.34. The molecule has 4 nitrogen and oxygen atoms in total. The Morgan fingerprint density at radius 1 is 1.53 bits per heavy atom. The molecule has 15 heavy (non-hydrogen) atoms. The molecule has 2 atom stereocenters. The van der Waals surface area contributed by atoms with E-state index in [1.807, 2.05) is 0 Å². The first-order valence-corrected chi connectivity index (χ1v) is 6.31. The minimum atomic E-state index is -1.03. The van der Waals surface area contributed by atoms with Gasteiger partial charge in [-0.25, -0.2) is 0 Å². The maximum atomic E-state index is 11.3. The Morgan fingerprint density at radius 2 is 2.07 bits per heavy atom. The lowest BCUT2D eigenvalue weighted by atomic mass is 10.2. The van der Waals surface area contributed by atoms with Crippen LogP contribution in [0.1, 0.15) is 27.2 Å². The molecule has 0 aromatic heterocycles. The van der Waals surface area contributed by atoms with Gasteiger partial charge in [-0.3, -0.25) is 9.00 Å². The van der Waals surface area contributed by atoms with E-state index >= 15 is 0 Å². The zero-order chi connectivity index (χ0) is 12.1. The maximum absolute atomic E-state index is 11.3. The number of rotatable bonds is 4. The van der Waals surface area contributed by atoms with Crippen LogP contribution < -0.4 is 5.73 Å². The fraction of sp³-hybridized carbons (Fsp3) is 0.700. The lowest BCUT2D eigenvalue weighted by Crippen LogP contribution is -2.29. The molecule has 0 bridgehead atoms. The summed E-state index contributed by atoms with van der Waals surface area (Å²) in [4.78, 5) is 11.3. The van der Waals surface area contributed by atoms with Crippen molar-refractivity contribution < 1.29 is 13.7 Å². The Balaban J connectivity index is 4.02. The van der Waals surface area contributed by atoms with E-state index in [2.05, 4.69) is 0 Å². The summed E-state index contributed by atoms with van der Waals surface area (Å²) in [5.41, 5.74) is 5.13. The van der Waals surface area contributed by atoms with Crippen LogP contribution in [0.5, 0.6) is 0 Å². The molecule has 0 fully saturated rings. The second kappa shape index (κ2) is 6.02. The summed E-state index contributed by atoms with van der Waals surface area (Å²) in [6.45, 7) is 5.40. The van der Waals surface area contributed by atoms with Crippen molar-refractivity contribution in [1.82, 2.24) is 0 Å². The third kappa shape index (κ3) is 9.62. The van der Waals surface area contributed by atoms with Crippen LogP contribution in [0.3, 0.4) is 0 Å². The van der Waals surface area contributed by atoms with Gasteiger partial charge >= 0.3 is 5.97 Å². The normalized spacial score (nSPS) is 16.3. The van der Waals surface area contributed by atoms with Crippen molar-refractivity contribution in [2.75, 3.05) is 6.26 Å². The highest BCUT2D eigenvalue weighted by atomic mass is 32.2. The van der Waals surface area contributed by atoms with E-state index in [1.165, 1.54) is 11.7 Å². The average molecular weight is 233 g/mol. The van der Waals surface area contributed by atoms with Crippen molar-refractivity contribution >= 4 is 16.8 Å². The van der Waals surface area contributed by atoms with Gasteiger partial charge in [-0.1, -0.05) is 6.08 Å². The Kier molecular flexibility index (Phi) is 5.75. The lowest BCUT2D eigenvalue weighted by Gasteiger charge is -2.20. The quantitative estimate of drug-likeness (QED) is 0.734. The zero-order valence-corrected chi connectivity index (χ0v) is 10.5. The lowest BCUT2D eigenvalue weighted by molar-refractivity contribution is -0.154. The topological polar surface area (TPSA) is 69.4 Å². The van der Waals surface area contributed by atoms with Gasteiger partial charge in [0, 0.05) is 23.1 Å². The summed E-state index contributed by atoms with van der Waals surface area (Å²) in [5, 5.41) is 1.47. The number of ether oxygens (including phenoxy) is 1. The van der Waals surface area contributed by atoms with Gasteiger partial charge in [0.15, 0.2) is 0 Å². The number of esters is 1. The van der Waals surface area contributed by atoms with Gasteiger partial charge < -0.3 is 10.5 Å². The van der Waals surface area contributed by atoms with Crippen molar-refractivity contribution in [3.05, 3.63) is 11.5 Å². The third-order valence-corrected chi connectivity index (χ3v) is 1.88. The van der Waals surface area contributed by atoms with Crippen LogP contribution in [0.2, 0.25) is 0 Å². The molecule has 0 aliphatic heterocycles. The summed E-state index contributed by atoms with van der Waals surface area (Å²) in [6.07, 6.45) is 3.20. The van der Waals surface area contributed by atoms with E-state index in [0.717, 1.165) is 0 Å². The number of carbonyl (C=O) groups is 1. The van der Waals surface area contributed by atoms with Gasteiger partial charge in [0.2, 0.25) is 0 Å². The first kappa shape index (κ1) is 14.3. The van der Waals surface area contributed by atoms with Crippen LogP contribution in [0.4, 0.5) is 0 Å². The van der Waals surface area contributed by atoms with E-state index in [0.29, 0.717) is 0 Å². The second-order valence-electron chi connectivity index (χ2n) is 4.28. The monoisotopic (exact) mass is 233 g/mol. The van der Waals surface area contributed by atoms with Crippen molar-refractivity contribution in [2.45, 2.75) is 38.8 Å². The van der Waals surface area contributed by atoms with Gasteiger partial charge in [0.25, 0.3) is 0 Å². The van der Waals surface area contributed by atoms with Crippen LogP contribution in [-0.4, -0.2) is 28.1 Å². The molecule has 0 aromatic carbocycles. The number of nitrogens with two attached hydrogens (primary N) is 1. The molecular formula is C10H19NO3S. The van der Waals surface area contributed by atoms with Crippen LogP contribution in [0.25, 0.3) is 0 Å². The van der Waals surface area contributed by atoms with E-state index in [-0.39, 0.29) is 12.4 Å². The van der Waals surface area contributed by atoms with Gasteiger partial charge in [0.05, 0.1) is 6.42 Å². The molecule has 0 saturated heterocycles. The van der Waals surface area contributed by atoms with Crippen LogP contribution >= 0.6 is 0 Å². The molecule has 2 N–H and O–H groups in total. The zero-order valence-electron chi connectivity index (χ0n) is 9.65. The first-order chi connectivity index (χ1) is 6.70. The van der Waals surface area contributed by atoms with Gasteiger partial charge in [0.1, 0.15) is 5.60 Å². The molecular weight excluding hydrogens is 214 g/mol. The molecule has 0 radical (unpaired) electrons. The fourth-order valence-corrected chi connectivity index (χ4v) is 1.28. The van der Waals surface area contributed by atoms with Crippen molar-refractivity contribution in [1.29, 1.82) is 0 Å². The molecule has 0 saturated carbocycles. The number of hydrogen-bond donors (Lipinski definition) is 1. The molecule has 0 amide bonds. The Hall–Kier alpha value is -0.680. The molecule has 88 valence electrons. The summed E-state index contributed by atoms with van der Waals surface area (Å²) < 4.78 is 15.8. The number of hydrogen-bond acceptors (Lipinski definition) is 4. The predicted molar refractivity (Wildman–Crippen MR) is 61.6 cm³/mol. The highest BCUT2D eigenvalue weighted by Gasteiger charge is 2.17. The van der Waals surface area contributed by atoms with Crippen LogP contribution in [-0.2, 0) is 20.3 Å². The SMILES string of the molecule is CS(=O)/C=C/[C@@H](N)CC(=O)OC(C)(C)C. The predicted octanol–water partition coefficient (Wildman–Crippen LogP) is 0.938. The Morgan fingerprint density at radius 3 is 2.47 bits per heavy atom. The minimum Gasteiger partial charge on any atom is -0.460 e. The molecule has 0 spiro atoms.